The van der Waals surface area contributed by atoms with Crippen LogP contribution in [0.3, 0.4) is 0 Å². The Kier molecular flexibility index (Phi) is 3.28. The second-order valence-corrected chi connectivity index (χ2v) is 7.91. The van der Waals surface area contributed by atoms with Gasteiger partial charge in [-0.05, 0) is 85.6 Å². The van der Waals surface area contributed by atoms with Crippen molar-refractivity contribution in [3.63, 3.8) is 0 Å². The lowest BCUT2D eigenvalue weighted by molar-refractivity contribution is 0.0382. The molecule has 1 unspecified atom stereocenters. The molecule has 3 aliphatic rings. The standard InChI is InChI=1S/C19H27NO2/c1-19-8-7-14-13-6-4-12(21)9-11(13)3-5-15(14)16(19)10-17(22)18(19)20-2/h4,6,9,14-18,20-22H,3,5,7-8,10H2,1-2H3/t14-,15-,16+,17-,18?,19+/m1/s1. The number of aliphatic hydroxyl groups excluding tert-OH is 1. The van der Waals surface area contributed by atoms with E-state index in [0.29, 0.717) is 23.5 Å². The van der Waals surface area contributed by atoms with Crippen molar-refractivity contribution in [1.29, 1.82) is 0 Å². The first-order valence-corrected chi connectivity index (χ1v) is 8.71. The lowest BCUT2D eigenvalue weighted by Crippen LogP contribution is -2.49. The van der Waals surface area contributed by atoms with Crippen molar-refractivity contribution in [3.8, 4) is 5.75 Å². The third kappa shape index (κ3) is 1.88. The molecular formula is C19H27NO2. The quantitative estimate of drug-likeness (QED) is 0.747. The molecule has 2 fully saturated rings. The van der Waals surface area contributed by atoms with Crippen LogP contribution >= 0.6 is 0 Å². The molecule has 0 radical (unpaired) electrons. The molecule has 0 aromatic heterocycles. The summed E-state index contributed by atoms with van der Waals surface area (Å²) in [5.41, 5.74) is 3.02. The molecule has 3 nitrogen and oxygen atoms in total. The van der Waals surface area contributed by atoms with E-state index in [1.54, 1.807) is 0 Å². The monoisotopic (exact) mass is 301 g/mol. The number of rotatable bonds is 1. The maximum Gasteiger partial charge on any atom is 0.115 e. The number of fused-ring (bicyclic) bond motifs is 5. The van der Waals surface area contributed by atoms with Crippen molar-refractivity contribution in [2.45, 2.75) is 57.1 Å². The van der Waals surface area contributed by atoms with E-state index in [9.17, 15) is 10.2 Å². The first-order valence-electron chi connectivity index (χ1n) is 8.71. The van der Waals surface area contributed by atoms with E-state index in [4.69, 9.17) is 0 Å². The van der Waals surface area contributed by atoms with Gasteiger partial charge in [-0.15, -0.1) is 0 Å². The van der Waals surface area contributed by atoms with Crippen LogP contribution in [-0.2, 0) is 6.42 Å². The van der Waals surface area contributed by atoms with Crippen molar-refractivity contribution in [3.05, 3.63) is 29.3 Å². The van der Waals surface area contributed by atoms with Gasteiger partial charge in [0, 0.05) is 6.04 Å². The van der Waals surface area contributed by atoms with Gasteiger partial charge in [-0.2, -0.15) is 0 Å². The molecule has 0 heterocycles. The van der Waals surface area contributed by atoms with Gasteiger partial charge in [0.05, 0.1) is 6.10 Å². The number of phenolic OH excluding ortho intramolecular Hbond substituents is 1. The zero-order valence-electron chi connectivity index (χ0n) is 13.5. The van der Waals surface area contributed by atoms with Gasteiger partial charge in [0.15, 0.2) is 0 Å². The van der Waals surface area contributed by atoms with E-state index in [-0.39, 0.29) is 17.6 Å². The summed E-state index contributed by atoms with van der Waals surface area (Å²) in [5.74, 6) is 2.30. The van der Waals surface area contributed by atoms with Gasteiger partial charge in [0.25, 0.3) is 0 Å². The Morgan fingerprint density at radius 3 is 2.86 bits per heavy atom. The molecule has 2 saturated carbocycles. The van der Waals surface area contributed by atoms with Gasteiger partial charge in [0.2, 0.25) is 0 Å². The SMILES string of the molecule is CNC1[C@H](O)C[C@H]2[C@@H]3CCc4cc(O)ccc4[C@H]3CC[C@]12C. The number of phenols is 1. The zero-order valence-corrected chi connectivity index (χ0v) is 13.5. The van der Waals surface area contributed by atoms with E-state index in [1.165, 1.54) is 30.4 Å². The van der Waals surface area contributed by atoms with E-state index < -0.39 is 0 Å². The first kappa shape index (κ1) is 14.5. The molecule has 0 saturated heterocycles. The fourth-order valence-electron chi connectivity index (χ4n) is 6.10. The van der Waals surface area contributed by atoms with Gasteiger partial charge in [0.1, 0.15) is 5.75 Å². The summed E-state index contributed by atoms with van der Waals surface area (Å²) in [6.07, 6.45) is 5.39. The summed E-state index contributed by atoms with van der Waals surface area (Å²) < 4.78 is 0. The lowest BCUT2D eigenvalue weighted by atomic mass is 9.55. The average Bonchev–Trinajstić information content (AvgIpc) is 2.76. The van der Waals surface area contributed by atoms with Crippen LogP contribution in [0.25, 0.3) is 0 Å². The van der Waals surface area contributed by atoms with Gasteiger partial charge in [-0.1, -0.05) is 13.0 Å². The number of hydrogen-bond acceptors (Lipinski definition) is 3. The Morgan fingerprint density at radius 2 is 2.09 bits per heavy atom. The number of aryl methyl sites for hydroxylation is 1. The van der Waals surface area contributed by atoms with Crippen LogP contribution in [0, 0.1) is 17.3 Å². The van der Waals surface area contributed by atoms with Crippen LogP contribution in [0.5, 0.6) is 5.75 Å². The molecule has 0 spiro atoms. The van der Waals surface area contributed by atoms with Crippen LogP contribution in [0.15, 0.2) is 18.2 Å². The van der Waals surface area contributed by atoms with Crippen LogP contribution < -0.4 is 5.32 Å². The second-order valence-electron chi connectivity index (χ2n) is 7.91. The summed E-state index contributed by atoms with van der Waals surface area (Å²) in [6, 6.07) is 6.18. The van der Waals surface area contributed by atoms with Crippen molar-refractivity contribution < 1.29 is 10.2 Å². The number of nitrogens with one attached hydrogen (secondary N) is 1. The molecular weight excluding hydrogens is 274 g/mol. The minimum absolute atomic E-state index is 0.208. The molecule has 120 valence electrons. The summed E-state index contributed by atoms with van der Waals surface area (Å²) in [4.78, 5) is 0. The Bertz CT molecular complexity index is 587. The van der Waals surface area contributed by atoms with E-state index >= 15 is 0 Å². The molecule has 3 heteroatoms. The summed E-state index contributed by atoms with van der Waals surface area (Å²) in [6.45, 7) is 2.39. The molecule has 3 aliphatic carbocycles. The minimum Gasteiger partial charge on any atom is -0.508 e. The predicted octanol–water partition coefficient (Wildman–Crippen LogP) is 2.81. The third-order valence-electron chi connectivity index (χ3n) is 7.05. The third-order valence-corrected chi connectivity index (χ3v) is 7.05. The van der Waals surface area contributed by atoms with E-state index in [2.05, 4.69) is 18.3 Å². The predicted molar refractivity (Wildman–Crippen MR) is 87.0 cm³/mol. The maximum atomic E-state index is 10.5. The Morgan fingerprint density at radius 1 is 1.27 bits per heavy atom. The highest BCUT2D eigenvalue weighted by Crippen LogP contribution is 2.60. The van der Waals surface area contributed by atoms with Crippen LogP contribution in [-0.4, -0.2) is 29.4 Å². The minimum atomic E-state index is -0.208. The van der Waals surface area contributed by atoms with Crippen molar-refractivity contribution in [2.24, 2.45) is 17.3 Å². The molecule has 0 amide bonds. The summed E-state index contributed by atoms with van der Waals surface area (Å²) >= 11 is 0. The topological polar surface area (TPSA) is 52.5 Å². The highest BCUT2D eigenvalue weighted by molar-refractivity contribution is 5.40. The number of aromatic hydroxyl groups is 1. The van der Waals surface area contributed by atoms with Gasteiger partial charge >= 0.3 is 0 Å². The molecule has 1 aromatic rings. The highest BCUT2D eigenvalue weighted by Gasteiger charge is 2.57. The lowest BCUT2D eigenvalue weighted by Gasteiger charge is -2.50. The van der Waals surface area contributed by atoms with E-state index in [0.717, 1.165) is 12.8 Å². The number of hydrogen-bond donors (Lipinski definition) is 3. The average molecular weight is 301 g/mol. The molecule has 1 aromatic carbocycles. The van der Waals surface area contributed by atoms with Crippen LogP contribution in [0.4, 0.5) is 0 Å². The summed E-state index contributed by atoms with van der Waals surface area (Å²) in [5, 5.41) is 23.6. The fourth-order valence-corrected chi connectivity index (χ4v) is 6.10. The molecule has 6 atom stereocenters. The Balaban J connectivity index is 1.69. The van der Waals surface area contributed by atoms with Gasteiger partial charge in [-0.25, -0.2) is 0 Å². The maximum absolute atomic E-state index is 10.5. The van der Waals surface area contributed by atoms with Crippen molar-refractivity contribution in [1.82, 2.24) is 5.32 Å². The largest absolute Gasteiger partial charge is 0.508 e. The molecule has 0 aliphatic heterocycles. The molecule has 22 heavy (non-hydrogen) atoms. The Hall–Kier alpha value is -1.06. The number of aliphatic hydroxyl groups is 1. The fraction of sp³-hybridized carbons (Fsp3) is 0.684. The number of likely N-dealkylation sites (N-methyl/N-ethyl adjacent to an activating group) is 1. The van der Waals surface area contributed by atoms with Crippen LogP contribution in [0.1, 0.15) is 49.7 Å². The van der Waals surface area contributed by atoms with E-state index in [1.807, 2.05) is 19.2 Å². The molecule has 4 rings (SSSR count). The van der Waals surface area contributed by atoms with Crippen molar-refractivity contribution >= 4 is 0 Å². The van der Waals surface area contributed by atoms with Crippen LogP contribution in [0.2, 0.25) is 0 Å². The van der Waals surface area contributed by atoms with Gasteiger partial charge in [-0.3, -0.25) is 0 Å². The number of benzene rings is 1. The first-order chi connectivity index (χ1) is 10.5. The summed E-state index contributed by atoms with van der Waals surface area (Å²) in [7, 11) is 1.99. The Labute approximate surface area is 132 Å². The smallest absolute Gasteiger partial charge is 0.115 e. The second kappa shape index (κ2) is 4.97. The normalized spacial score (nSPS) is 43.3. The van der Waals surface area contributed by atoms with Gasteiger partial charge < -0.3 is 15.5 Å². The molecule has 3 N–H and O–H groups in total. The highest BCUT2D eigenvalue weighted by atomic mass is 16.3. The molecule has 0 bridgehead atoms. The van der Waals surface area contributed by atoms with Crippen molar-refractivity contribution in [2.75, 3.05) is 7.05 Å². The zero-order chi connectivity index (χ0) is 15.5.